The highest BCUT2D eigenvalue weighted by Gasteiger charge is 1.98. The van der Waals surface area contributed by atoms with Gasteiger partial charge in [0, 0.05) is 5.69 Å². The van der Waals surface area contributed by atoms with E-state index in [1.54, 1.807) is 7.11 Å². The number of benzene rings is 2. The third-order valence-corrected chi connectivity index (χ3v) is 2.21. The highest BCUT2D eigenvalue weighted by atomic mass is 16.5. The highest BCUT2D eigenvalue weighted by Crippen LogP contribution is 2.12. The summed E-state index contributed by atoms with van der Waals surface area (Å²) in [5, 5.41) is 3.10. The molecule has 1 N–H and O–H groups in total. The maximum Gasteiger partial charge on any atom is 0.294 e. The van der Waals surface area contributed by atoms with Gasteiger partial charge < -0.3 is 10.1 Å². The zero-order valence-corrected chi connectivity index (χ0v) is 9.63. The van der Waals surface area contributed by atoms with Crippen molar-refractivity contribution in [3.8, 4) is 0 Å². The lowest BCUT2D eigenvalue weighted by Gasteiger charge is -2.07. The van der Waals surface area contributed by atoms with Crippen molar-refractivity contribution in [3.63, 3.8) is 0 Å². The fraction of sp³-hybridized carbons (Fsp3) is 0.0714. The van der Waals surface area contributed by atoms with Crippen LogP contribution >= 0.6 is 0 Å². The van der Waals surface area contributed by atoms with E-state index >= 15 is 0 Å². The third kappa shape index (κ3) is 3.34. The molecule has 0 saturated heterocycles. The van der Waals surface area contributed by atoms with E-state index < -0.39 is 0 Å². The van der Waals surface area contributed by atoms with Crippen LogP contribution in [-0.2, 0) is 4.74 Å². The van der Waals surface area contributed by atoms with E-state index in [0.29, 0.717) is 6.02 Å². The Morgan fingerprint density at radius 2 is 1.53 bits per heavy atom. The predicted octanol–water partition coefficient (Wildman–Crippen LogP) is 3.43. The van der Waals surface area contributed by atoms with Gasteiger partial charge in [-0.25, -0.2) is 0 Å². The molecule has 3 heteroatoms. The number of para-hydroxylation sites is 2. The van der Waals surface area contributed by atoms with Crippen LogP contribution in [0, 0.1) is 0 Å². The van der Waals surface area contributed by atoms with Crippen LogP contribution < -0.4 is 5.32 Å². The number of hydrogen-bond acceptors (Lipinski definition) is 2. The van der Waals surface area contributed by atoms with Gasteiger partial charge in [0.2, 0.25) is 0 Å². The lowest BCUT2D eigenvalue weighted by Crippen LogP contribution is -2.13. The third-order valence-electron chi connectivity index (χ3n) is 2.21. The summed E-state index contributed by atoms with van der Waals surface area (Å²) in [5.41, 5.74) is 1.80. The molecule has 3 nitrogen and oxygen atoms in total. The number of methoxy groups -OCH3 is 1. The van der Waals surface area contributed by atoms with Gasteiger partial charge in [-0.3, -0.25) is 0 Å². The van der Waals surface area contributed by atoms with Crippen molar-refractivity contribution in [3.05, 3.63) is 60.7 Å². The first kappa shape index (κ1) is 11.2. The van der Waals surface area contributed by atoms with E-state index in [1.807, 2.05) is 60.7 Å². The van der Waals surface area contributed by atoms with Crippen LogP contribution in [0.25, 0.3) is 0 Å². The smallest absolute Gasteiger partial charge is 0.294 e. The van der Waals surface area contributed by atoms with Gasteiger partial charge in [0.25, 0.3) is 6.02 Å². The fourth-order valence-corrected chi connectivity index (χ4v) is 1.39. The molecule has 0 atom stereocenters. The summed E-state index contributed by atoms with van der Waals surface area (Å²) >= 11 is 0. The molecule has 2 aromatic carbocycles. The number of rotatable bonds is 2. The quantitative estimate of drug-likeness (QED) is 0.628. The minimum atomic E-state index is 0.474. The summed E-state index contributed by atoms with van der Waals surface area (Å²) in [6.07, 6.45) is 0. The van der Waals surface area contributed by atoms with E-state index in [2.05, 4.69) is 10.3 Å². The topological polar surface area (TPSA) is 33.6 Å². The zero-order chi connectivity index (χ0) is 11.9. The molecule has 86 valence electrons. The van der Waals surface area contributed by atoms with E-state index in [9.17, 15) is 0 Å². The van der Waals surface area contributed by atoms with Gasteiger partial charge in [-0.1, -0.05) is 36.4 Å². The average molecular weight is 226 g/mol. The van der Waals surface area contributed by atoms with Crippen molar-refractivity contribution >= 4 is 17.4 Å². The molecule has 0 bridgehead atoms. The number of nitrogens with zero attached hydrogens (tertiary/aromatic N) is 1. The largest absolute Gasteiger partial charge is 0.468 e. The molecule has 0 spiro atoms. The van der Waals surface area contributed by atoms with Crippen LogP contribution in [0.1, 0.15) is 0 Å². The Balaban J connectivity index is 2.15. The van der Waals surface area contributed by atoms with Crippen LogP contribution in [0.2, 0.25) is 0 Å². The average Bonchev–Trinajstić information content (AvgIpc) is 2.40. The van der Waals surface area contributed by atoms with E-state index in [-0.39, 0.29) is 0 Å². The standard InChI is InChI=1S/C14H14N2O/c1-17-14(15-12-8-4-2-5-9-12)16-13-10-6-3-7-11-13/h2-11H,1H3,(H,15,16). The van der Waals surface area contributed by atoms with Gasteiger partial charge in [0.1, 0.15) is 0 Å². The highest BCUT2D eigenvalue weighted by molar-refractivity contribution is 5.90. The second-order valence-corrected chi connectivity index (χ2v) is 3.45. The second kappa shape index (κ2) is 5.70. The molecule has 0 fully saturated rings. The Kier molecular flexibility index (Phi) is 3.76. The summed E-state index contributed by atoms with van der Waals surface area (Å²) in [6, 6.07) is 19.9. The summed E-state index contributed by atoms with van der Waals surface area (Å²) in [4.78, 5) is 4.36. The zero-order valence-electron chi connectivity index (χ0n) is 9.63. The van der Waals surface area contributed by atoms with Gasteiger partial charge in [-0.15, -0.1) is 0 Å². The van der Waals surface area contributed by atoms with Gasteiger partial charge in [-0.05, 0) is 24.3 Å². The first-order valence-corrected chi connectivity index (χ1v) is 5.38. The fourth-order valence-electron chi connectivity index (χ4n) is 1.39. The van der Waals surface area contributed by atoms with Crippen LogP contribution in [0.15, 0.2) is 65.7 Å². The molecule has 0 heterocycles. The molecule has 2 rings (SSSR count). The van der Waals surface area contributed by atoms with Crippen molar-refractivity contribution in [2.75, 3.05) is 12.4 Å². The molecule has 0 aliphatic heterocycles. The van der Waals surface area contributed by atoms with Crippen molar-refractivity contribution in [2.24, 2.45) is 4.99 Å². The number of aliphatic imine (C=N–C) groups is 1. The Bertz CT molecular complexity index is 480. The normalized spacial score (nSPS) is 11.0. The molecule has 0 amide bonds. The number of anilines is 1. The lowest BCUT2D eigenvalue weighted by atomic mass is 10.3. The summed E-state index contributed by atoms with van der Waals surface area (Å²) in [7, 11) is 1.59. The molecule has 17 heavy (non-hydrogen) atoms. The molecule has 0 unspecified atom stereocenters. The Morgan fingerprint density at radius 3 is 2.12 bits per heavy atom. The Hall–Kier alpha value is -2.29. The minimum Gasteiger partial charge on any atom is -0.468 e. The number of amidine groups is 1. The summed E-state index contributed by atoms with van der Waals surface area (Å²) < 4.78 is 5.20. The van der Waals surface area contributed by atoms with E-state index in [4.69, 9.17) is 4.74 Å². The van der Waals surface area contributed by atoms with Gasteiger partial charge in [-0.2, -0.15) is 4.99 Å². The van der Waals surface area contributed by atoms with Crippen molar-refractivity contribution in [1.29, 1.82) is 0 Å². The first-order valence-electron chi connectivity index (χ1n) is 5.38. The molecular weight excluding hydrogens is 212 g/mol. The lowest BCUT2D eigenvalue weighted by molar-refractivity contribution is 0.402. The molecule has 0 radical (unpaired) electrons. The van der Waals surface area contributed by atoms with Crippen molar-refractivity contribution in [2.45, 2.75) is 0 Å². The van der Waals surface area contributed by atoms with Gasteiger partial charge >= 0.3 is 0 Å². The first-order chi connectivity index (χ1) is 8.38. The summed E-state index contributed by atoms with van der Waals surface area (Å²) in [6.45, 7) is 0. The summed E-state index contributed by atoms with van der Waals surface area (Å²) in [5.74, 6) is 0. The Labute approximate surface area is 101 Å². The number of ether oxygens (including phenoxy) is 1. The SMILES string of the molecule is COC(=Nc1ccccc1)Nc1ccccc1. The number of hydrogen-bond donors (Lipinski definition) is 1. The molecule has 0 aliphatic rings. The van der Waals surface area contributed by atoms with Gasteiger partial charge in [0.05, 0.1) is 12.8 Å². The van der Waals surface area contributed by atoms with Crippen LogP contribution in [0.3, 0.4) is 0 Å². The van der Waals surface area contributed by atoms with Crippen LogP contribution in [0.4, 0.5) is 11.4 Å². The van der Waals surface area contributed by atoms with Crippen molar-refractivity contribution in [1.82, 2.24) is 0 Å². The molecular formula is C14H14N2O. The molecule has 0 saturated carbocycles. The van der Waals surface area contributed by atoms with Crippen molar-refractivity contribution < 1.29 is 4.74 Å². The van der Waals surface area contributed by atoms with E-state index in [0.717, 1.165) is 11.4 Å². The van der Waals surface area contributed by atoms with Gasteiger partial charge in [0.15, 0.2) is 0 Å². The molecule has 0 aliphatic carbocycles. The monoisotopic (exact) mass is 226 g/mol. The van der Waals surface area contributed by atoms with E-state index in [1.165, 1.54) is 0 Å². The molecule has 0 aromatic heterocycles. The number of nitrogens with one attached hydrogen (secondary N) is 1. The Morgan fingerprint density at radius 1 is 0.941 bits per heavy atom. The second-order valence-electron chi connectivity index (χ2n) is 3.45. The predicted molar refractivity (Wildman–Crippen MR) is 70.6 cm³/mol. The maximum absolute atomic E-state index is 5.20. The van der Waals surface area contributed by atoms with Crippen LogP contribution in [-0.4, -0.2) is 13.1 Å². The molecule has 2 aromatic rings. The van der Waals surface area contributed by atoms with Crippen LogP contribution in [0.5, 0.6) is 0 Å². The maximum atomic E-state index is 5.20. The minimum absolute atomic E-state index is 0.474.